The van der Waals surface area contributed by atoms with Crippen LogP contribution in [0, 0.1) is 5.92 Å². The molecule has 1 aliphatic heterocycles. The normalized spacial score (nSPS) is 20.2. The highest BCUT2D eigenvalue weighted by molar-refractivity contribution is 7.89. The fourth-order valence-electron chi connectivity index (χ4n) is 4.37. The highest BCUT2D eigenvalue weighted by Crippen LogP contribution is 2.31. The minimum atomic E-state index is -3.48. The van der Waals surface area contributed by atoms with Crippen molar-refractivity contribution in [3.63, 3.8) is 0 Å². The first-order chi connectivity index (χ1) is 14.5. The van der Waals surface area contributed by atoms with Gasteiger partial charge in [0.05, 0.1) is 22.8 Å². The number of rotatable bonds is 5. The lowest BCUT2D eigenvalue weighted by atomic mass is 10.1. The van der Waals surface area contributed by atoms with E-state index in [4.69, 9.17) is 0 Å². The van der Waals surface area contributed by atoms with Crippen molar-refractivity contribution in [3.8, 4) is 11.1 Å². The van der Waals surface area contributed by atoms with Crippen molar-refractivity contribution < 1.29 is 8.42 Å². The molecule has 0 aliphatic carbocycles. The number of hydrogen-bond donors (Lipinski definition) is 1. The standard InChI is InChI=1S/C22H23N5O2S/c1-16-9-17(15-27(16)30(28,29)21-5-3-2-4-6-21)14-26-22-8-7-18(10-19(22)13-25-26)20-11-23-24-12-20/h2-8,10-13,16-17H,9,14-15H2,1H3,(H,23,24)/t16-,17-/m1/s1. The predicted octanol–water partition coefficient (Wildman–Crippen LogP) is 3.53. The number of H-pyrrole nitrogens is 1. The van der Waals surface area contributed by atoms with Crippen molar-refractivity contribution in [2.75, 3.05) is 6.54 Å². The predicted molar refractivity (Wildman–Crippen MR) is 115 cm³/mol. The van der Waals surface area contributed by atoms with Crippen LogP contribution in [0.4, 0.5) is 0 Å². The molecule has 1 N–H and O–H groups in total. The molecule has 4 aromatic rings. The van der Waals surface area contributed by atoms with Crippen molar-refractivity contribution in [2.45, 2.75) is 30.8 Å². The van der Waals surface area contributed by atoms with Gasteiger partial charge in [-0.2, -0.15) is 14.5 Å². The molecule has 3 heterocycles. The molecule has 30 heavy (non-hydrogen) atoms. The van der Waals surface area contributed by atoms with Crippen LogP contribution in [0.3, 0.4) is 0 Å². The average Bonchev–Trinajstić information content (AvgIpc) is 3.49. The van der Waals surface area contributed by atoms with Gasteiger partial charge in [0.15, 0.2) is 0 Å². The Morgan fingerprint density at radius 2 is 1.93 bits per heavy atom. The number of aromatic nitrogens is 4. The lowest BCUT2D eigenvalue weighted by Gasteiger charge is -2.21. The minimum Gasteiger partial charge on any atom is -0.285 e. The molecule has 7 nitrogen and oxygen atoms in total. The van der Waals surface area contributed by atoms with E-state index in [0.29, 0.717) is 18.0 Å². The molecular weight excluding hydrogens is 398 g/mol. The lowest BCUT2D eigenvalue weighted by molar-refractivity contribution is 0.396. The summed E-state index contributed by atoms with van der Waals surface area (Å²) in [6.45, 7) is 3.19. The molecule has 1 saturated heterocycles. The maximum absolute atomic E-state index is 13.1. The second-order valence-electron chi connectivity index (χ2n) is 7.93. The van der Waals surface area contributed by atoms with Crippen LogP contribution in [0.1, 0.15) is 13.3 Å². The number of aromatic amines is 1. The van der Waals surface area contributed by atoms with Gasteiger partial charge in [-0.05, 0) is 49.1 Å². The summed E-state index contributed by atoms with van der Waals surface area (Å²) in [5, 5.41) is 12.5. The zero-order chi connectivity index (χ0) is 20.7. The van der Waals surface area contributed by atoms with Crippen molar-refractivity contribution in [1.29, 1.82) is 0 Å². The lowest BCUT2D eigenvalue weighted by Crippen LogP contribution is -2.34. The second-order valence-corrected chi connectivity index (χ2v) is 9.82. The fraction of sp³-hybridized carbons (Fsp3) is 0.273. The van der Waals surface area contributed by atoms with Gasteiger partial charge >= 0.3 is 0 Å². The van der Waals surface area contributed by atoms with Crippen molar-refractivity contribution in [1.82, 2.24) is 24.3 Å². The third-order valence-electron chi connectivity index (χ3n) is 5.86. The molecule has 0 radical (unpaired) electrons. The monoisotopic (exact) mass is 421 g/mol. The van der Waals surface area contributed by atoms with Gasteiger partial charge in [0.25, 0.3) is 0 Å². The molecule has 2 atom stereocenters. The molecule has 2 aromatic heterocycles. The zero-order valence-corrected chi connectivity index (χ0v) is 17.5. The Bertz CT molecular complexity index is 1270. The first-order valence-electron chi connectivity index (χ1n) is 10.0. The van der Waals surface area contributed by atoms with E-state index in [-0.39, 0.29) is 12.0 Å². The van der Waals surface area contributed by atoms with Crippen LogP contribution in [0.15, 0.2) is 72.0 Å². The Morgan fingerprint density at radius 3 is 2.70 bits per heavy atom. The SMILES string of the molecule is C[C@@H]1C[C@H](Cn2ncc3cc(-c4cn[nH]c4)ccc32)CN1S(=O)(=O)c1ccccc1. The fourth-order valence-corrected chi connectivity index (χ4v) is 6.11. The molecule has 0 saturated carbocycles. The van der Waals surface area contributed by atoms with E-state index < -0.39 is 10.0 Å². The summed E-state index contributed by atoms with van der Waals surface area (Å²) in [4.78, 5) is 0.355. The molecule has 1 aliphatic rings. The van der Waals surface area contributed by atoms with Crippen LogP contribution >= 0.6 is 0 Å². The van der Waals surface area contributed by atoms with Gasteiger partial charge in [-0.25, -0.2) is 8.42 Å². The highest BCUT2D eigenvalue weighted by atomic mass is 32.2. The van der Waals surface area contributed by atoms with E-state index in [1.54, 1.807) is 34.8 Å². The molecule has 2 aromatic carbocycles. The van der Waals surface area contributed by atoms with E-state index in [2.05, 4.69) is 33.5 Å². The smallest absolute Gasteiger partial charge is 0.243 e. The van der Waals surface area contributed by atoms with Crippen LogP contribution in [0.5, 0.6) is 0 Å². The summed E-state index contributed by atoms with van der Waals surface area (Å²) in [5.74, 6) is 0.218. The molecular formula is C22H23N5O2S. The van der Waals surface area contributed by atoms with Crippen molar-refractivity contribution in [3.05, 3.63) is 67.1 Å². The van der Waals surface area contributed by atoms with E-state index in [1.165, 1.54) is 0 Å². The Balaban J connectivity index is 1.36. The number of fused-ring (bicyclic) bond motifs is 1. The summed E-state index contributed by atoms with van der Waals surface area (Å²) < 4.78 is 29.7. The molecule has 0 spiro atoms. The van der Waals surface area contributed by atoms with E-state index in [1.807, 2.05) is 30.1 Å². The van der Waals surface area contributed by atoms with Crippen LogP contribution in [0.2, 0.25) is 0 Å². The quantitative estimate of drug-likeness (QED) is 0.534. The molecule has 8 heteroatoms. The van der Waals surface area contributed by atoms with Crippen LogP contribution < -0.4 is 0 Å². The topological polar surface area (TPSA) is 83.9 Å². The van der Waals surface area contributed by atoms with Gasteiger partial charge in [0, 0.05) is 36.3 Å². The van der Waals surface area contributed by atoms with Gasteiger partial charge in [-0.15, -0.1) is 0 Å². The summed E-state index contributed by atoms with van der Waals surface area (Å²) in [7, 11) is -3.48. The van der Waals surface area contributed by atoms with Gasteiger partial charge < -0.3 is 0 Å². The van der Waals surface area contributed by atoms with Gasteiger partial charge in [-0.1, -0.05) is 24.3 Å². The number of sulfonamides is 1. The summed E-state index contributed by atoms with van der Waals surface area (Å²) in [6.07, 6.45) is 6.36. The van der Waals surface area contributed by atoms with Crippen LogP contribution in [-0.2, 0) is 16.6 Å². The van der Waals surface area contributed by atoms with Crippen molar-refractivity contribution >= 4 is 20.9 Å². The second kappa shape index (κ2) is 7.37. The molecule has 0 amide bonds. The summed E-state index contributed by atoms with van der Waals surface area (Å²) in [6, 6.07) is 14.9. The van der Waals surface area contributed by atoms with Gasteiger partial charge in [0.2, 0.25) is 10.0 Å². The van der Waals surface area contributed by atoms with E-state index in [9.17, 15) is 8.42 Å². The molecule has 154 valence electrons. The Hall–Kier alpha value is -2.97. The van der Waals surface area contributed by atoms with Crippen LogP contribution in [-0.4, -0.2) is 45.3 Å². The molecule has 1 fully saturated rings. The maximum atomic E-state index is 13.1. The first-order valence-corrected chi connectivity index (χ1v) is 11.5. The first kappa shape index (κ1) is 19.0. The maximum Gasteiger partial charge on any atom is 0.243 e. The Labute approximate surface area is 175 Å². The molecule has 5 rings (SSSR count). The van der Waals surface area contributed by atoms with E-state index in [0.717, 1.165) is 28.5 Å². The zero-order valence-electron chi connectivity index (χ0n) is 16.6. The average molecular weight is 422 g/mol. The third-order valence-corrected chi connectivity index (χ3v) is 7.85. The van der Waals surface area contributed by atoms with Gasteiger partial charge in [-0.3, -0.25) is 9.78 Å². The molecule has 0 unspecified atom stereocenters. The van der Waals surface area contributed by atoms with Crippen molar-refractivity contribution in [2.24, 2.45) is 5.92 Å². The largest absolute Gasteiger partial charge is 0.285 e. The number of benzene rings is 2. The minimum absolute atomic E-state index is 0.0327. The Morgan fingerprint density at radius 1 is 1.10 bits per heavy atom. The third kappa shape index (κ3) is 3.32. The molecule has 0 bridgehead atoms. The summed E-state index contributed by atoms with van der Waals surface area (Å²) in [5.41, 5.74) is 3.18. The van der Waals surface area contributed by atoms with E-state index >= 15 is 0 Å². The van der Waals surface area contributed by atoms with Crippen LogP contribution in [0.25, 0.3) is 22.0 Å². The number of nitrogens with one attached hydrogen (secondary N) is 1. The number of hydrogen-bond acceptors (Lipinski definition) is 4. The summed E-state index contributed by atoms with van der Waals surface area (Å²) >= 11 is 0. The highest BCUT2D eigenvalue weighted by Gasteiger charge is 2.38. The van der Waals surface area contributed by atoms with Gasteiger partial charge in [0.1, 0.15) is 0 Å². The number of nitrogens with zero attached hydrogens (tertiary/aromatic N) is 4. The Kier molecular flexibility index (Phi) is 4.67.